The van der Waals surface area contributed by atoms with Crippen LogP contribution in [0.2, 0.25) is 0 Å². The Morgan fingerprint density at radius 2 is 1.95 bits per heavy atom. The molecule has 0 bridgehead atoms. The van der Waals surface area contributed by atoms with Crippen LogP contribution in [0.25, 0.3) is 5.69 Å². The number of carbonyl (C=O) groups is 1. The van der Waals surface area contributed by atoms with E-state index in [2.05, 4.69) is 10.4 Å². The van der Waals surface area contributed by atoms with E-state index in [1.165, 1.54) is 24.3 Å². The van der Waals surface area contributed by atoms with E-state index < -0.39 is 11.9 Å². The number of hydrogen-bond donors (Lipinski definition) is 2. The Kier molecular flexibility index (Phi) is 4.51. The molecule has 22 heavy (non-hydrogen) atoms. The Morgan fingerprint density at radius 1 is 1.32 bits per heavy atom. The Balaban J connectivity index is 2.20. The molecule has 118 valence electrons. The van der Waals surface area contributed by atoms with E-state index in [1.807, 2.05) is 0 Å². The van der Waals surface area contributed by atoms with Gasteiger partial charge < -0.3 is 11.1 Å². The van der Waals surface area contributed by atoms with Crippen LogP contribution in [0.1, 0.15) is 12.6 Å². The van der Waals surface area contributed by atoms with Gasteiger partial charge in [-0.05, 0) is 30.3 Å². The highest BCUT2D eigenvalue weighted by Crippen LogP contribution is 2.30. The summed E-state index contributed by atoms with van der Waals surface area (Å²) in [5.41, 5.74) is 5.27. The molecule has 1 aromatic heterocycles. The van der Waals surface area contributed by atoms with Gasteiger partial charge in [0.25, 0.3) is 0 Å². The number of nitrogens with one attached hydrogen (secondary N) is 1. The van der Waals surface area contributed by atoms with Crippen molar-refractivity contribution < 1.29 is 18.0 Å². The lowest BCUT2D eigenvalue weighted by molar-refractivity contribution is -0.142. The fourth-order valence-corrected chi connectivity index (χ4v) is 1.78. The molecule has 8 heteroatoms. The second-order valence-electron chi connectivity index (χ2n) is 4.80. The first kappa shape index (κ1) is 16.0. The summed E-state index contributed by atoms with van der Waals surface area (Å²) in [6.45, 7) is 1.90. The average molecular weight is 312 g/mol. The molecule has 2 rings (SSSR count). The van der Waals surface area contributed by atoms with Gasteiger partial charge in [-0.3, -0.25) is 4.79 Å². The second kappa shape index (κ2) is 6.18. The third-order valence-corrected chi connectivity index (χ3v) is 3.11. The molecular weight excluding hydrogens is 297 g/mol. The molecule has 1 heterocycles. The van der Waals surface area contributed by atoms with Crippen molar-refractivity contribution in [3.05, 3.63) is 42.2 Å². The van der Waals surface area contributed by atoms with Gasteiger partial charge in [-0.25, -0.2) is 4.68 Å². The summed E-state index contributed by atoms with van der Waals surface area (Å²) in [6, 6.07) is 6.82. The zero-order chi connectivity index (χ0) is 16.3. The van der Waals surface area contributed by atoms with E-state index >= 15 is 0 Å². The number of nitrogens with two attached hydrogens (primary N) is 1. The topological polar surface area (TPSA) is 72.9 Å². The lowest BCUT2D eigenvalue weighted by Gasteiger charge is -2.12. The molecule has 0 radical (unpaired) electrons. The number of anilines is 1. The maximum absolute atomic E-state index is 12.8. The van der Waals surface area contributed by atoms with Crippen LogP contribution in [0, 0.1) is 5.92 Å². The first-order chi connectivity index (χ1) is 10.3. The van der Waals surface area contributed by atoms with Crippen molar-refractivity contribution in [1.82, 2.24) is 9.78 Å². The summed E-state index contributed by atoms with van der Waals surface area (Å²) in [6.07, 6.45) is -3.40. The number of rotatable bonds is 4. The third kappa shape index (κ3) is 3.45. The third-order valence-electron chi connectivity index (χ3n) is 3.11. The number of carbonyl (C=O) groups excluding carboxylic acids is 1. The quantitative estimate of drug-likeness (QED) is 0.910. The van der Waals surface area contributed by atoms with Gasteiger partial charge in [-0.1, -0.05) is 6.92 Å². The number of alkyl halides is 3. The van der Waals surface area contributed by atoms with Crippen LogP contribution in [0.5, 0.6) is 0 Å². The molecule has 0 fully saturated rings. The van der Waals surface area contributed by atoms with Crippen molar-refractivity contribution in [3.8, 4) is 5.69 Å². The molecule has 1 amide bonds. The summed E-state index contributed by atoms with van der Waals surface area (Å²) in [5, 5.41) is 6.32. The van der Waals surface area contributed by atoms with E-state index in [4.69, 9.17) is 5.73 Å². The van der Waals surface area contributed by atoms with Crippen LogP contribution in [0.3, 0.4) is 0 Å². The normalized spacial score (nSPS) is 13.0. The van der Waals surface area contributed by atoms with Gasteiger partial charge in [0.15, 0.2) is 0 Å². The summed E-state index contributed by atoms with van der Waals surface area (Å²) < 4.78 is 39.3. The fraction of sp³-hybridized carbons (Fsp3) is 0.286. The van der Waals surface area contributed by atoms with Gasteiger partial charge >= 0.3 is 6.18 Å². The van der Waals surface area contributed by atoms with E-state index in [1.54, 1.807) is 6.92 Å². The van der Waals surface area contributed by atoms with Crippen LogP contribution in [-0.4, -0.2) is 22.2 Å². The van der Waals surface area contributed by atoms with Gasteiger partial charge in [0.1, 0.15) is 5.69 Å². The second-order valence-corrected chi connectivity index (χ2v) is 4.80. The minimum atomic E-state index is -4.49. The predicted octanol–water partition coefficient (Wildman–Crippen LogP) is 2.42. The molecule has 1 unspecified atom stereocenters. The first-order valence-corrected chi connectivity index (χ1v) is 6.55. The van der Waals surface area contributed by atoms with Crippen molar-refractivity contribution in [2.75, 3.05) is 11.9 Å². The zero-order valence-electron chi connectivity index (χ0n) is 11.8. The van der Waals surface area contributed by atoms with Crippen LogP contribution in [0.15, 0.2) is 36.5 Å². The molecule has 1 atom stereocenters. The van der Waals surface area contributed by atoms with Gasteiger partial charge in [-0.15, -0.1) is 0 Å². The molecule has 0 aliphatic carbocycles. The highest BCUT2D eigenvalue weighted by Gasteiger charge is 2.35. The Bertz CT molecular complexity index is 649. The summed E-state index contributed by atoms with van der Waals surface area (Å²) in [4.78, 5) is 11.7. The van der Waals surface area contributed by atoms with Crippen molar-refractivity contribution in [2.24, 2.45) is 11.7 Å². The Labute approximate surface area is 124 Å². The van der Waals surface area contributed by atoms with Gasteiger partial charge in [-0.2, -0.15) is 18.3 Å². The summed E-state index contributed by atoms with van der Waals surface area (Å²) >= 11 is 0. The Morgan fingerprint density at radius 3 is 2.50 bits per heavy atom. The maximum atomic E-state index is 12.8. The van der Waals surface area contributed by atoms with Crippen LogP contribution in [-0.2, 0) is 11.0 Å². The fourth-order valence-electron chi connectivity index (χ4n) is 1.78. The van der Waals surface area contributed by atoms with E-state index in [0.717, 1.165) is 16.9 Å². The molecule has 0 saturated heterocycles. The minimum absolute atomic E-state index is 0.214. The molecule has 0 aliphatic rings. The highest BCUT2D eigenvalue weighted by molar-refractivity contribution is 5.92. The average Bonchev–Trinajstić information content (AvgIpc) is 2.96. The SMILES string of the molecule is CC(CN)C(=O)Nc1ccc(-n2nccc2C(F)(F)F)cc1. The lowest BCUT2D eigenvalue weighted by atomic mass is 10.1. The number of amides is 1. The van der Waals surface area contributed by atoms with E-state index in [0.29, 0.717) is 5.69 Å². The molecule has 0 aliphatic heterocycles. The monoisotopic (exact) mass is 312 g/mol. The number of hydrogen-bond acceptors (Lipinski definition) is 3. The van der Waals surface area contributed by atoms with Crippen LogP contribution in [0.4, 0.5) is 18.9 Å². The first-order valence-electron chi connectivity index (χ1n) is 6.55. The molecule has 2 aromatic rings. The molecule has 3 N–H and O–H groups in total. The number of nitrogens with zero attached hydrogens (tertiary/aromatic N) is 2. The highest BCUT2D eigenvalue weighted by atomic mass is 19.4. The summed E-state index contributed by atoms with van der Waals surface area (Å²) in [5.74, 6) is -0.590. The van der Waals surface area contributed by atoms with E-state index in [9.17, 15) is 18.0 Å². The van der Waals surface area contributed by atoms with Crippen molar-refractivity contribution in [1.29, 1.82) is 0 Å². The van der Waals surface area contributed by atoms with Crippen molar-refractivity contribution in [2.45, 2.75) is 13.1 Å². The number of benzene rings is 1. The molecule has 0 saturated carbocycles. The molecular formula is C14H15F3N4O. The van der Waals surface area contributed by atoms with Gasteiger partial charge in [0.05, 0.1) is 11.9 Å². The smallest absolute Gasteiger partial charge is 0.330 e. The van der Waals surface area contributed by atoms with Crippen molar-refractivity contribution >= 4 is 11.6 Å². The Hall–Kier alpha value is -2.35. The molecule has 5 nitrogen and oxygen atoms in total. The van der Waals surface area contributed by atoms with Gasteiger partial charge in [0, 0.05) is 18.2 Å². The largest absolute Gasteiger partial charge is 0.433 e. The predicted molar refractivity (Wildman–Crippen MR) is 75.4 cm³/mol. The molecule has 0 spiro atoms. The minimum Gasteiger partial charge on any atom is -0.330 e. The number of aromatic nitrogens is 2. The molecule has 1 aromatic carbocycles. The zero-order valence-corrected chi connectivity index (χ0v) is 11.8. The van der Waals surface area contributed by atoms with Crippen molar-refractivity contribution in [3.63, 3.8) is 0 Å². The lowest BCUT2D eigenvalue weighted by Crippen LogP contribution is -2.26. The standard InChI is InChI=1S/C14H15F3N4O/c1-9(8-18)13(22)20-10-2-4-11(5-3-10)21-12(6-7-19-21)14(15,16)17/h2-7,9H,8,18H2,1H3,(H,20,22). The maximum Gasteiger partial charge on any atom is 0.433 e. The van der Waals surface area contributed by atoms with Crippen LogP contribution < -0.4 is 11.1 Å². The summed E-state index contributed by atoms with van der Waals surface area (Å²) in [7, 11) is 0. The van der Waals surface area contributed by atoms with Gasteiger partial charge in [0.2, 0.25) is 5.91 Å². The number of halogens is 3. The van der Waals surface area contributed by atoms with Crippen LogP contribution >= 0.6 is 0 Å². The van der Waals surface area contributed by atoms with E-state index in [-0.39, 0.29) is 24.1 Å².